The van der Waals surface area contributed by atoms with Gasteiger partial charge in [0.2, 0.25) is 5.45 Å². The van der Waals surface area contributed by atoms with Gasteiger partial charge < -0.3 is 9.05 Å². The first kappa shape index (κ1) is 14.9. The van der Waals surface area contributed by atoms with E-state index in [1.165, 1.54) is 0 Å². The standard InChI is InChI=1S/C12H17NO4P/c1-4-16-18(15,17-5-2)12(13-14)11-9-7-6-8-10(11)3/h6-9H,4-5H2,1-3H3/b13-12+. The molecule has 0 N–H and O–H groups in total. The zero-order valence-corrected chi connectivity index (χ0v) is 11.6. The van der Waals surface area contributed by atoms with Gasteiger partial charge >= 0.3 is 7.60 Å². The maximum absolute atomic E-state index is 12.5. The Hall–Kier alpha value is -1.16. The summed E-state index contributed by atoms with van der Waals surface area (Å²) in [6, 6.07) is 7.06. The van der Waals surface area contributed by atoms with E-state index >= 15 is 0 Å². The molecule has 0 aliphatic carbocycles. The monoisotopic (exact) mass is 270 g/mol. The van der Waals surface area contributed by atoms with E-state index in [0.29, 0.717) is 5.56 Å². The molecule has 0 aliphatic rings. The summed E-state index contributed by atoms with van der Waals surface area (Å²) in [6.45, 7) is 5.55. The van der Waals surface area contributed by atoms with Gasteiger partial charge in [0.25, 0.3) is 0 Å². The first-order chi connectivity index (χ1) is 8.59. The second-order valence-electron chi connectivity index (χ2n) is 3.56. The highest BCUT2D eigenvalue weighted by molar-refractivity contribution is 7.73. The lowest BCUT2D eigenvalue weighted by Crippen LogP contribution is -2.10. The summed E-state index contributed by atoms with van der Waals surface area (Å²) in [5.41, 5.74) is 1.13. The molecule has 0 saturated carbocycles. The van der Waals surface area contributed by atoms with E-state index in [0.717, 1.165) is 5.56 Å². The summed E-state index contributed by atoms with van der Waals surface area (Å²) >= 11 is 0. The van der Waals surface area contributed by atoms with Crippen molar-refractivity contribution in [2.75, 3.05) is 13.2 Å². The SMILES string of the molecule is CCOP(=O)(OCC)/C(=N/[O])c1ccccc1C. The molecule has 0 amide bonds. The van der Waals surface area contributed by atoms with Gasteiger partial charge in [0.1, 0.15) is 0 Å². The average molecular weight is 270 g/mol. The lowest BCUT2D eigenvalue weighted by molar-refractivity contribution is 0.204. The Bertz CT molecular complexity index is 463. The van der Waals surface area contributed by atoms with E-state index in [1.54, 1.807) is 26.0 Å². The highest BCUT2D eigenvalue weighted by Crippen LogP contribution is 2.52. The zero-order chi connectivity index (χ0) is 13.6. The van der Waals surface area contributed by atoms with Crippen molar-refractivity contribution in [3.05, 3.63) is 35.4 Å². The van der Waals surface area contributed by atoms with Crippen LogP contribution in [0.2, 0.25) is 0 Å². The maximum Gasteiger partial charge on any atom is 0.383 e. The fraction of sp³-hybridized carbons (Fsp3) is 0.417. The topological polar surface area (TPSA) is 67.8 Å². The molecule has 0 aliphatic heterocycles. The predicted molar refractivity (Wildman–Crippen MR) is 69.3 cm³/mol. The van der Waals surface area contributed by atoms with Crippen molar-refractivity contribution in [3.63, 3.8) is 0 Å². The molecule has 18 heavy (non-hydrogen) atoms. The normalized spacial score (nSPS) is 12.7. The molecule has 5 nitrogen and oxygen atoms in total. The predicted octanol–water partition coefficient (Wildman–Crippen LogP) is 3.35. The minimum absolute atomic E-state index is 0.163. The molecule has 1 aromatic rings. The van der Waals surface area contributed by atoms with Gasteiger partial charge in [-0.25, -0.2) is 0 Å². The minimum Gasteiger partial charge on any atom is -0.304 e. The van der Waals surface area contributed by atoms with E-state index in [2.05, 4.69) is 5.16 Å². The van der Waals surface area contributed by atoms with Crippen LogP contribution in [0, 0.1) is 6.92 Å². The molecule has 1 rings (SSSR count). The Morgan fingerprint density at radius 2 is 1.78 bits per heavy atom. The second kappa shape index (κ2) is 6.69. The minimum atomic E-state index is -3.64. The van der Waals surface area contributed by atoms with Crippen LogP contribution < -0.4 is 0 Å². The molecule has 6 heteroatoms. The van der Waals surface area contributed by atoms with E-state index in [4.69, 9.17) is 9.05 Å². The molecule has 0 bridgehead atoms. The molecule has 0 aromatic heterocycles. The molecule has 1 radical (unpaired) electrons. The maximum atomic E-state index is 12.5. The van der Waals surface area contributed by atoms with Crippen LogP contribution in [0.1, 0.15) is 25.0 Å². The number of aryl methyl sites for hydroxylation is 1. The fourth-order valence-corrected chi connectivity index (χ4v) is 3.21. The number of hydrogen-bond donors (Lipinski definition) is 0. The Morgan fingerprint density at radius 1 is 1.22 bits per heavy atom. The summed E-state index contributed by atoms with van der Waals surface area (Å²) in [5, 5.41) is 13.9. The van der Waals surface area contributed by atoms with Crippen molar-refractivity contribution in [1.82, 2.24) is 0 Å². The lowest BCUT2D eigenvalue weighted by atomic mass is 10.1. The van der Waals surface area contributed by atoms with Crippen LogP contribution in [0.3, 0.4) is 0 Å². The first-order valence-electron chi connectivity index (χ1n) is 5.75. The summed E-state index contributed by atoms with van der Waals surface area (Å²) in [6.07, 6.45) is 0. The number of nitrogens with zero attached hydrogens (tertiary/aromatic N) is 1. The molecular weight excluding hydrogens is 253 g/mol. The summed E-state index contributed by atoms with van der Waals surface area (Å²) in [4.78, 5) is 0. The summed E-state index contributed by atoms with van der Waals surface area (Å²) in [5.74, 6) is 0. The summed E-state index contributed by atoms with van der Waals surface area (Å²) in [7, 11) is -3.64. The highest BCUT2D eigenvalue weighted by atomic mass is 31.2. The smallest absolute Gasteiger partial charge is 0.304 e. The third kappa shape index (κ3) is 3.19. The van der Waals surface area contributed by atoms with Gasteiger partial charge in [0.05, 0.1) is 13.2 Å². The van der Waals surface area contributed by atoms with E-state index in [1.807, 2.05) is 19.1 Å². The largest absolute Gasteiger partial charge is 0.383 e. The van der Waals surface area contributed by atoms with Gasteiger partial charge in [-0.1, -0.05) is 24.3 Å². The van der Waals surface area contributed by atoms with E-state index in [-0.39, 0.29) is 18.7 Å². The van der Waals surface area contributed by atoms with E-state index < -0.39 is 7.60 Å². The number of hydrogen-bond acceptors (Lipinski definition) is 4. The van der Waals surface area contributed by atoms with Crippen molar-refractivity contribution in [2.45, 2.75) is 20.8 Å². The molecule has 1 aromatic carbocycles. The van der Waals surface area contributed by atoms with Gasteiger partial charge in [-0.15, -0.1) is 5.21 Å². The van der Waals surface area contributed by atoms with Crippen molar-refractivity contribution in [1.29, 1.82) is 0 Å². The zero-order valence-electron chi connectivity index (χ0n) is 10.8. The van der Waals surface area contributed by atoms with Crippen molar-refractivity contribution in [2.24, 2.45) is 5.16 Å². The lowest BCUT2D eigenvalue weighted by Gasteiger charge is -2.18. The molecule has 0 unspecified atom stereocenters. The van der Waals surface area contributed by atoms with Gasteiger partial charge in [-0.3, -0.25) is 4.57 Å². The van der Waals surface area contributed by atoms with Gasteiger partial charge in [-0.05, 0) is 31.5 Å². The Balaban J connectivity index is 3.24. The van der Waals surface area contributed by atoms with Crippen molar-refractivity contribution >= 4 is 13.0 Å². The van der Waals surface area contributed by atoms with Crippen molar-refractivity contribution in [3.8, 4) is 0 Å². The van der Waals surface area contributed by atoms with Crippen LogP contribution >= 0.6 is 7.60 Å². The number of benzene rings is 1. The van der Waals surface area contributed by atoms with Crippen LogP contribution in [0.4, 0.5) is 0 Å². The summed E-state index contributed by atoms with van der Waals surface area (Å²) < 4.78 is 22.8. The van der Waals surface area contributed by atoms with Crippen LogP contribution in [0.5, 0.6) is 0 Å². The van der Waals surface area contributed by atoms with Crippen LogP contribution in [-0.4, -0.2) is 18.7 Å². The van der Waals surface area contributed by atoms with Gasteiger partial charge in [-0.2, -0.15) is 0 Å². The fourth-order valence-electron chi connectivity index (χ4n) is 1.57. The van der Waals surface area contributed by atoms with Crippen LogP contribution in [0.25, 0.3) is 0 Å². The molecule has 0 spiro atoms. The average Bonchev–Trinajstić information content (AvgIpc) is 2.33. The first-order valence-corrected chi connectivity index (χ1v) is 7.29. The van der Waals surface area contributed by atoms with Crippen molar-refractivity contribution < 1.29 is 18.8 Å². The third-order valence-electron chi connectivity index (χ3n) is 2.33. The Morgan fingerprint density at radius 3 is 2.22 bits per heavy atom. The van der Waals surface area contributed by atoms with Gasteiger partial charge in [0, 0.05) is 5.56 Å². The molecule has 99 valence electrons. The highest BCUT2D eigenvalue weighted by Gasteiger charge is 2.34. The molecule has 0 fully saturated rings. The van der Waals surface area contributed by atoms with E-state index in [9.17, 15) is 9.77 Å². The molecule has 0 atom stereocenters. The number of rotatable bonds is 6. The molecule has 0 saturated heterocycles. The van der Waals surface area contributed by atoms with Crippen LogP contribution in [-0.2, 0) is 18.8 Å². The van der Waals surface area contributed by atoms with Gasteiger partial charge in [0.15, 0.2) is 0 Å². The third-order valence-corrected chi connectivity index (χ3v) is 4.37. The quantitative estimate of drug-likeness (QED) is 0.452. The second-order valence-corrected chi connectivity index (χ2v) is 5.50. The Labute approximate surface area is 107 Å². The Kier molecular flexibility index (Phi) is 5.54. The van der Waals surface area contributed by atoms with Crippen LogP contribution in [0.15, 0.2) is 29.4 Å². The molecular formula is C12H17NO4P. The molecule has 0 heterocycles.